The maximum absolute atomic E-state index is 9.13. The Morgan fingerprint density at radius 3 is 2.17 bits per heavy atom. The minimum Gasteiger partial charge on any atom is -0.505 e. The normalized spacial score (nSPS) is 10.8. The lowest BCUT2D eigenvalue weighted by molar-refractivity contribution is 0.322. The number of nitrogens with zero attached hydrogens (tertiary/aromatic N) is 1. The summed E-state index contributed by atoms with van der Waals surface area (Å²) in [6.07, 6.45) is 1.16. The quantitative estimate of drug-likeness (QED) is 0.421. The van der Waals surface area contributed by atoms with Crippen LogP contribution in [0.2, 0.25) is 10.0 Å². The molecule has 0 unspecified atom stereocenters. The summed E-state index contributed by atoms with van der Waals surface area (Å²) in [6, 6.07) is 2.87. The van der Waals surface area contributed by atoms with Gasteiger partial charge in [-0.05, 0) is 17.7 Å². The van der Waals surface area contributed by atoms with Crippen LogP contribution in [0, 0.1) is 0 Å². The SMILES string of the molecule is O/N=C/c1cc(Cl)c(O)c(Cl)c1. The number of oxime groups is 1. The Kier molecular flexibility index (Phi) is 2.78. The molecule has 3 nitrogen and oxygen atoms in total. The zero-order valence-corrected chi connectivity index (χ0v) is 7.34. The lowest BCUT2D eigenvalue weighted by Gasteiger charge is -2.00. The highest BCUT2D eigenvalue weighted by atomic mass is 35.5. The van der Waals surface area contributed by atoms with E-state index in [1.165, 1.54) is 12.1 Å². The van der Waals surface area contributed by atoms with Crippen molar-refractivity contribution in [1.82, 2.24) is 0 Å². The van der Waals surface area contributed by atoms with Gasteiger partial charge in [0.25, 0.3) is 0 Å². The molecule has 0 radical (unpaired) electrons. The Labute approximate surface area is 78.8 Å². The van der Waals surface area contributed by atoms with Gasteiger partial charge in [-0.15, -0.1) is 0 Å². The van der Waals surface area contributed by atoms with Crippen LogP contribution in [0.4, 0.5) is 0 Å². The van der Waals surface area contributed by atoms with Crippen molar-refractivity contribution in [2.24, 2.45) is 5.16 Å². The average molecular weight is 206 g/mol. The maximum Gasteiger partial charge on any atom is 0.152 e. The summed E-state index contributed by atoms with van der Waals surface area (Å²) in [6.45, 7) is 0. The number of phenolic OH excluding ortho intramolecular Hbond substituents is 1. The third-order valence-corrected chi connectivity index (χ3v) is 1.82. The molecule has 1 rings (SSSR count). The third-order valence-electron chi connectivity index (χ3n) is 1.25. The summed E-state index contributed by atoms with van der Waals surface area (Å²) in [5.41, 5.74) is 0.519. The fourth-order valence-electron chi connectivity index (χ4n) is 0.726. The second-order valence-electron chi connectivity index (χ2n) is 2.08. The van der Waals surface area contributed by atoms with Gasteiger partial charge in [-0.25, -0.2) is 0 Å². The first-order chi connectivity index (χ1) is 5.65. The van der Waals surface area contributed by atoms with Crippen molar-refractivity contribution in [3.63, 3.8) is 0 Å². The van der Waals surface area contributed by atoms with Crippen molar-refractivity contribution in [2.75, 3.05) is 0 Å². The summed E-state index contributed by atoms with van der Waals surface area (Å²) in [5, 5.41) is 20.4. The number of aromatic hydroxyl groups is 1. The largest absolute Gasteiger partial charge is 0.505 e. The van der Waals surface area contributed by atoms with Crippen LogP contribution >= 0.6 is 23.2 Å². The molecule has 0 bridgehead atoms. The molecule has 12 heavy (non-hydrogen) atoms. The molecule has 5 heteroatoms. The van der Waals surface area contributed by atoms with Gasteiger partial charge >= 0.3 is 0 Å². The zero-order valence-electron chi connectivity index (χ0n) is 5.83. The highest BCUT2D eigenvalue weighted by Crippen LogP contribution is 2.32. The van der Waals surface area contributed by atoms with Crippen LogP contribution in [-0.4, -0.2) is 16.5 Å². The number of hydrogen-bond acceptors (Lipinski definition) is 3. The topological polar surface area (TPSA) is 52.8 Å². The van der Waals surface area contributed by atoms with Gasteiger partial charge in [0.05, 0.1) is 16.3 Å². The molecule has 1 aromatic rings. The van der Waals surface area contributed by atoms with E-state index >= 15 is 0 Å². The molecule has 0 heterocycles. The predicted octanol–water partition coefficient (Wildman–Crippen LogP) is 2.51. The predicted molar refractivity (Wildman–Crippen MR) is 47.5 cm³/mol. The van der Waals surface area contributed by atoms with Gasteiger partial charge in [0.2, 0.25) is 0 Å². The Morgan fingerprint density at radius 2 is 1.75 bits per heavy atom. The Balaban J connectivity index is 3.21. The molecule has 0 aromatic heterocycles. The van der Waals surface area contributed by atoms with E-state index in [1.54, 1.807) is 0 Å². The van der Waals surface area contributed by atoms with Crippen molar-refractivity contribution in [3.05, 3.63) is 27.7 Å². The first-order valence-corrected chi connectivity index (χ1v) is 3.76. The van der Waals surface area contributed by atoms with Crippen LogP contribution in [0.25, 0.3) is 0 Å². The lowest BCUT2D eigenvalue weighted by Crippen LogP contribution is -1.82. The number of rotatable bonds is 1. The monoisotopic (exact) mass is 205 g/mol. The van der Waals surface area contributed by atoms with Gasteiger partial charge in [-0.1, -0.05) is 28.4 Å². The van der Waals surface area contributed by atoms with Crippen molar-refractivity contribution < 1.29 is 10.3 Å². The summed E-state index contributed by atoms with van der Waals surface area (Å²) in [5.74, 6) is -0.173. The summed E-state index contributed by atoms with van der Waals surface area (Å²) in [4.78, 5) is 0. The van der Waals surface area contributed by atoms with Crippen LogP contribution in [0.3, 0.4) is 0 Å². The van der Waals surface area contributed by atoms with Gasteiger partial charge < -0.3 is 10.3 Å². The molecule has 0 aliphatic heterocycles. The van der Waals surface area contributed by atoms with Gasteiger partial charge in [0, 0.05) is 0 Å². The van der Waals surface area contributed by atoms with E-state index in [-0.39, 0.29) is 15.8 Å². The van der Waals surface area contributed by atoms with E-state index < -0.39 is 0 Å². The standard InChI is InChI=1S/C7H5Cl2NO2/c8-5-1-4(3-10-12)2-6(9)7(5)11/h1-3,11-12H/b10-3+. The molecule has 64 valence electrons. The molecule has 0 aliphatic rings. The van der Waals surface area contributed by atoms with E-state index in [0.29, 0.717) is 5.56 Å². The maximum atomic E-state index is 9.13. The Morgan fingerprint density at radius 1 is 1.25 bits per heavy atom. The molecular formula is C7H5Cl2NO2. The van der Waals surface area contributed by atoms with Crippen LogP contribution in [0.1, 0.15) is 5.56 Å². The van der Waals surface area contributed by atoms with Crippen molar-refractivity contribution in [3.8, 4) is 5.75 Å². The fraction of sp³-hybridized carbons (Fsp3) is 0. The highest BCUT2D eigenvalue weighted by Gasteiger charge is 2.04. The van der Waals surface area contributed by atoms with E-state index in [1.807, 2.05) is 0 Å². The Bertz CT molecular complexity index is 302. The minimum absolute atomic E-state index is 0.123. The van der Waals surface area contributed by atoms with Crippen molar-refractivity contribution in [2.45, 2.75) is 0 Å². The first kappa shape index (κ1) is 9.16. The molecule has 0 saturated heterocycles. The fourth-order valence-corrected chi connectivity index (χ4v) is 1.23. The van der Waals surface area contributed by atoms with E-state index in [0.717, 1.165) is 6.21 Å². The van der Waals surface area contributed by atoms with Crippen LogP contribution < -0.4 is 0 Å². The molecule has 0 fully saturated rings. The van der Waals surface area contributed by atoms with Gasteiger partial charge in [0.15, 0.2) is 5.75 Å². The number of phenols is 1. The smallest absolute Gasteiger partial charge is 0.152 e. The van der Waals surface area contributed by atoms with Gasteiger partial charge in [-0.2, -0.15) is 0 Å². The first-order valence-electron chi connectivity index (χ1n) is 3.00. The molecule has 0 aliphatic carbocycles. The summed E-state index contributed by atoms with van der Waals surface area (Å²) in [7, 11) is 0. The van der Waals surface area contributed by atoms with Gasteiger partial charge in [-0.3, -0.25) is 0 Å². The van der Waals surface area contributed by atoms with Crippen LogP contribution in [0.5, 0.6) is 5.75 Å². The molecular weight excluding hydrogens is 201 g/mol. The number of halogens is 2. The molecule has 2 N–H and O–H groups in total. The van der Waals surface area contributed by atoms with Crippen LogP contribution in [0.15, 0.2) is 17.3 Å². The molecule has 0 amide bonds. The molecule has 0 saturated carbocycles. The lowest BCUT2D eigenvalue weighted by atomic mass is 10.2. The number of hydrogen-bond donors (Lipinski definition) is 2. The molecule has 0 spiro atoms. The van der Waals surface area contributed by atoms with Crippen LogP contribution in [-0.2, 0) is 0 Å². The molecule has 1 aromatic carbocycles. The Hall–Kier alpha value is -0.930. The highest BCUT2D eigenvalue weighted by molar-refractivity contribution is 6.37. The second-order valence-corrected chi connectivity index (χ2v) is 2.89. The third kappa shape index (κ3) is 1.81. The van der Waals surface area contributed by atoms with E-state index in [4.69, 9.17) is 33.5 Å². The zero-order chi connectivity index (χ0) is 9.14. The van der Waals surface area contributed by atoms with Crippen molar-refractivity contribution in [1.29, 1.82) is 0 Å². The van der Waals surface area contributed by atoms with E-state index in [2.05, 4.69) is 5.16 Å². The number of benzene rings is 1. The molecule has 0 atom stereocenters. The summed E-state index contributed by atoms with van der Waals surface area (Å²) >= 11 is 11.2. The van der Waals surface area contributed by atoms with Gasteiger partial charge in [0.1, 0.15) is 0 Å². The van der Waals surface area contributed by atoms with Crippen molar-refractivity contribution >= 4 is 29.4 Å². The van der Waals surface area contributed by atoms with E-state index in [9.17, 15) is 0 Å². The summed E-state index contributed by atoms with van der Waals surface area (Å²) < 4.78 is 0. The second kappa shape index (κ2) is 3.65. The average Bonchev–Trinajstić information content (AvgIpc) is 2.01. The minimum atomic E-state index is -0.173.